The van der Waals surface area contributed by atoms with Crippen LogP contribution in [0.25, 0.3) is 0 Å². The van der Waals surface area contributed by atoms with E-state index in [-0.39, 0.29) is 23.5 Å². The second-order valence-electron chi connectivity index (χ2n) is 6.74. The van der Waals surface area contributed by atoms with E-state index in [4.69, 9.17) is 0 Å². The molecule has 1 N–H and O–H groups in total. The lowest BCUT2D eigenvalue weighted by molar-refractivity contribution is 0.0946. The Morgan fingerprint density at radius 3 is 2.73 bits per heavy atom. The minimum Gasteiger partial charge on any atom is -0.369 e. The number of hydrogen-bond donors (Lipinski definition) is 1. The average molecular weight is 373 g/mol. The number of benzene rings is 1. The third-order valence-electron chi connectivity index (χ3n) is 4.68. The molecule has 1 aliphatic rings. The number of pyridine rings is 1. The van der Waals surface area contributed by atoms with Gasteiger partial charge in [-0.1, -0.05) is 29.8 Å². The fourth-order valence-corrected chi connectivity index (χ4v) is 4.89. The SMILES string of the molecule is Cc1cccc(CNC(=O)c2ccc(N(C)C3CCS(=O)(=O)C3)cn2)c1. The van der Waals surface area contributed by atoms with Gasteiger partial charge in [0.25, 0.3) is 5.91 Å². The molecule has 1 saturated heterocycles. The normalized spacial score (nSPS) is 18.5. The molecule has 7 heteroatoms. The standard InChI is InChI=1S/C19H23N3O3S/c1-14-4-3-5-15(10-14)11-21-19(23)18-7-6-16(12-20-18)22(2)17-8-9-26(24,25)13-17/h3-7,10,12,17H,8-9,11,13H2,1-2H3,(H,21,23). The number of rotatable bonds is 5. The number of anilines is 1. The van der Waals surface area contributed by atoms with Crippen molar-refractivity contribution in [3.63, 3.8) is 0 Å². The third kappa shape index (κ3) is 4.40. The zero-order chi connectivity index (χ0) is 18.7. The van der Waals surface area contributed by atoms with Crippen LogP contribution in [-0.2, 0) is 16.4 Å². The maximum atomic E-state index is 12.3. The molecule has 0 aliphatic carbocycles. The van der Waals surface area contributed by atoms with Crippen LogP contribution in [0.2, 0.25) is 0 Å². The van der Waals surface area contributed by atoms with Crippen molar-refractivity contribution in [1.82, 2.24) is 10.3 Å². The summed E-state index contributed by atoms with van der Waals surface area (Å²) >= 11 is 0. The first kappa shape index (κ1) is 18.4. The largest absolute Gasteiger partial charge is 0.369 e. The first-order chi connectivity index (χ1) is 12.3. The molecule has 26 heavy (non-hydrogen) atoms. The molecule has 1 aromatic carbocycles. The average Bonchev–Trinajstić information content (AvgIpc) is 2.99. The summed E-state index contributed by atoms with van der Waals surface area (Å²) in [6.45, 7) is 2.46. The number of nitrogens with zero attached hydrogens (tertiary/aromatic N) is 2. The van der Waals surface area contributed by atoms with Crippen molar-refractivity contribution in [2.45, 2.75) is 25.9 Å². The summed E-state index contributed by atoms with van der Waals surface area (Å²) in [6.07, 6.45) is 2.24. The molecule has 1 amide bonds. The van der Waals surface area contributed by atoms with E-state index in [9.17, 15) is 13.2 Å². The summed E-state index contributed by atoms with van der Waals surface area (Å²) < 4.78 is 23.3. The van der Waals surface area contributed by atoms with Crippen LogP contribution in [0.1, 0.15) is 28.0 Å². The minimum absolute atomic E-state index is 0.0391. The Bertz CT molecular complexity index is 895. The van der Waals surface area contributed by atoms with Gasteiger partial charge in [-0.25, -0.2) is 13.4 Å². The van der Waals surface area contributed by atoms with Crippen molar-refractivity contribution in [2.75, 3.05) is 23.5 Å². The fraction of sp³-hybridized carbons (Fsp3) is 0.368. The van der Waals surface area contributed by atoms with E-state index in [2.05, 4.69) is 10.3 Å². The van der Waals surface area contributed by atoms with Crippen LogP contribution in [0.5, 0.6) is 0 Å². The highest BCUT2D eigenvalue weighted by molar-refractivity contribution is 7.91. The van der Waals surface area contributed by atoms with Gasteiger partial charge < -0.3 is 10.2 Å². The molecule has 0 saturated carbocycles. The molecule has 138 valence electrons. The molecule has 2 aromatic rings. The second kappa shape index (κ2) is 7.45. The van der Waals surface area contributed by atoms with Gasteiger partial charge in [-0.05, 0) is 31.0 Å². The number of carbonyl (C=O) groups excluding carboxylic acids is 1. The number of carbonyl (C=O) groups is 1. The predicted molar refractivity (Wildman–Crippen MR) is 102 cm³/mol. The summed E-state index contributed by atoms with van der Waals surface area (Å²) in [7, 11) is -1.07. The highest BCUT2D eigenvalue weighted by atomic mass is 32.2. The maximum Gasteiger partial charge on any atom is 0.270 e. The Morgan fingerprint density at radius 1 is 1.31 bits per heavy atom. The highest BCUT2D eigenvalue weighted by Crippen LogP contribution is 2.22. The smallest absolute Gasteiger partial charge is 0.270 e. The molecule has 1 fully saturated rings. The molecular weight excluding hydrogens is 350 g/mol. The molecule has 1 aromatic heterocycles. The number of sulfone groups is 1. The van der Waals surface area contributed by atoms with Gasteiger partial charge in [0.15, 0.2) is 9.84 Å². The van der Waals surface area contributed by atoms with Crippen LogP contribution in [0.4, 0.5) is 5.69 Å². The van der Waals surface area contributed by atoms with Gasteiger partial charge in [0.2, 0.25) is 0 Å². The lowest BCUT2D eigenvalue weighted by Gasteiger charge is -2.25. The summed E-state index contributed by atoms with van der Waals surface area (Å²) in [4.78, 5) is 18.4. The lowest BCUT2D eigenvalue weighted by Crippen LogP contribution is -2.32. The Hall–Kier alpha value is -2.41. The minimum atomic E-state index is -2.93. The van der Waals surface area contributed by atoms with Crippen molar-refractivity contribution in [1.29, 1.82) is 0 Å². The maximum absolute atomic E-state index is 12.3. The summed E-state index contributed by atoms with van der Waals surface area (Å²) in [5.74, 6) is 0.168. The molecular formula is C19H23N3O3S. The van der Waals surface area contributed by atoms with Gasteiger partial charge in [0, 0.05) is 19.6 Å². The third-order valence-corrected chi connectivity index (χ3v) is 6.43. The van der Waals surface area contributed by atoms with Crippen molar-refractivity contribution in [3.05, 3.63) is 59.4 Å². The van der Waals surface area contributed by atoms with Gasteiger partial charge >= 0.3 is 0 Å². The Morgan fingerprint density at radius 2 is 2.12 bits per heavy atom. The molecule has 6 nitrogen and oxygen atoms in total. The first-order valence-corrected chi connectivity index (χ1v) is 10.4. The van der Waals surface area contributed by atoms with Crippen LogP contribution >= 0.6 is 0 Å². The van der Waals surface area contributed by atoms with Gasteiger partial charge in [-0.2, -0.15) is 0 Å². The van der Waals surface area contributed by atoms with E-state index >= 15 is 0 Å². The second-order valence-corrected chi connectivity index (χ2v) is 8.97. The quantitative estimate of drug-likeness (QED) is 0.866. The molecule has 2 heterocycles. The van der Waals surface area contributed by atoms with Crippen molar-refractivity contribution >= 4 is 21.4 Å². The van der Waals surface area contributed by atoms with Crippen molar-refractivity contribution < 1.29 is 13.2 Å². The summed E-state index contributed by atoms with van der Waals surface area (Å²) in [6, 6.07) is 11.4. The van der Waals surface area contributed by atoms with Crippen molar-refractivity contribution in [2.24, 2.45) is 0 Å². The van der Waals surface area contributed by atoms with Crippen LogP contribution in [0.15, 0.2) is 42.6 Å². The number of nitrogens with one attached hydrogen (secondary N) is 1. The van der Waals surface area contributed by atoms with Crippen LogP contribution in [0.3, 0.4) is 0 Å². The Kier molecular flexibility index (Phi) is 5.27. The summed E-state index contributed by atoms with van der Waals surface area (Å²) in [5.41, 5.74) is 3.34. The van der Waals surface area contributed by atoms with Gasteiger partial charge in [-0.3, -0.25) is 4.79 Å². The number of aromatic nitrogens is 1. The van der Waals surface area contributed by atoms with E-state index in [1.165, 1.54) is 0 Å². The Balaban J connectivity index is 1.61. The zero-order valence-electron chi connectivity index (χ0n) is 15.0. The van der Waals surface area contributed by atoms with E-state index in [0.29, 0.717) is 18.7 Å². The number of hydrogen-bond acceptors (Lipinski definition) is 5. The first-order valence-electron chi connectivity index (χ1n) is 8.57. The molecule has 0 bridgehead atoms. The molecule has 1 aliphatic heterocycles. The monoisotopic (exact) mass is 373 g/mol. The molecule has 1 atom stereocenters. The number of amides is 1. The van der Waals surface area contributed by atoms with E-state index in [0.717, 1.165) is 16.8 Å². The topological polar surface area (TPSA) is 79.4 Å². The van der Waals surface area contributed by atoms with E-state index in [1.807, 2.05) is 43.1 Å². The van der Waals surface area contributed by atoms with Crippen molar-refractivity contribution in [3.8, 4) is 0 Å². The summed E-state index contributed by atoms with van der Waals surface area (Å²) in [5, 5.41) is 2.86. The highest BCUT2D eigenvalue weighted by Gasteiger charge is 2.30. The van der Waals surface area contributed by atoms with Gasteiger partial charge in [0.05, 0.1) is 23.4 Å². The van der Waals surface area contributed by atoms with Crippen LogP contribution in [0, 0.1) is 6.92 Å². The molecule has 1 unspecified atom stereocenters. The predicted octanol–water partition coefficient (Wildman–Crippen LogP) is 1.94. The fourth-order valence-electron chi connectivity index (χ4n) is 3.12. The molecule has 0 spiro atoms. The molecule has 3 rings (SSSR count). The van der Waals surface area contributed by atoms with Gasteiger partial charge in [0.1, 0.15) is 5.69 Å². The lowest BCUT2D eigenvalue weighted by atomic mass is 10.1. The van der Waals surface area contributed by atoms with Gasteiger partial charge in [-0.15, -0.1) is 0 Å². The zero-order valence-corrected chi connectivity index (χ0v) is 15.8. The van der Waals surface area contributed by atoms with Crippen LogP contribution in [-0.4, -0.2) is 43.9 Å². The number of aryl methyl sites for hydroxylation is 1. The molecule has 0 radical (unpaired) electrons. The Labute approximate surface area is 154 Å². The van der Waals surface area contributed by atoms with Crippen LogP contribution < -0.4 is 10.2 Å². The van der Waals surface area contributed by atoms with E-state index < -0.39 is 9.84 Å². The van der Waals surface area contributed by atoms with E-state index in [1.54, 1.807) is 18.3 Å².